The lowest BCUT2D eigenvalue weighted by atomic mass is 10.0. The van der Waals surface area contributed by atoms with Gasteiger partial charge in [-0.05, 0) is 44.4 Å². The van der Waals surface area contributed by atoms with Crippen LogP contribution < -0.4 is 10.6 Å². The van der Waals surface area contributed by atoms with Crippen molar-refractivity contribution in [2.75, 3.05) is 0 Å². The van der Waals surface area contributed by atoms with Gasteiger partial charge in [0.05, 0.1) is 0 Å². The van der Waals surface area contributed by atoms with Crippen LogP contribution in [0.3, 0.4) is 0 Å². The van der Waals surface area contributed by atoms with E-state index in [4.69, 9.17) is 4.74 Å². The smallest absolute Gasteiger partial charge is 0.408 e. The number of phenolic OH excluding ortho intramolecular Hbond substituents is 1. The first-order chi connectivity index (χ1) is 12.4. The number of carbonyl (C=O) groups excluding carboxylic acids is 2. The number of hydrogen-bond acceptors (Lipinski definition) is 5. The molecule has 0 aliphatic rings. The molecule has 27 heavy (non-hydrogen) atoms. The summed E-state index contributed by atoms with van der Waals surface area (Å²) in [5, 5.41) is 23.6. The minimum absolute atomic E-state index is 0.0746. The number of nitrogens with one attached hydrogen (secondary N) is 2. The summed E-state index contributed by atoms with van der Waals surface area (Å²) >= 11 is 0. The van der Waals surface area contributed by atoms with Gasteiger partial charge in [0.2, 0.25) is 5.91 Å². The van der Waals surface area contributed by atoms with Crippen LogP contribution in [-0.4, -0.2) is 45.9 Å². The molecule has 0 unspecified atom stereocenters. The number of carbonyl (C=O) groups is 3. The molecule has 4 N–H and O–H groups in total. The van der Waals surface area contributed by atoms with Crippen LogP contribution in [0.1, 0.15) is 40.2 Å². The first kappa shape index (κ1) is 22.3. The lowest BCUT2D eigenvalue weighted by molar-refractivity contribution is -0.143. The second-order valence-electron chi connectivity index (χ2n) is 7.64. The summed E-state index contributed by atoms with van der Waals surface area (Å²) in [5.41, 5.74) is -0.0639. The quantitative estimate of drug-likeness (QED) is 0.574. The third-order valence-corrected chi connectivity index (χ3v) is 3.61. The van der Waals surface area contributed by atoms with E-state index in [1.807, 2.05) is 0 Å². The SMILES string of the molecule is CC(C)[C@H](NC(=O)[C@@H](Cc1ccc(O)cc1)NC(=O)OC(C)(C)C)C(=O)O. The molecule has 150 valence electrons. The Hall–Kier alpha value is -2.77. The minimum atomic E-state index is -1.15. The number of carboxylic acids is 1. The number of alkyl carbamates (subject to hydrolysis) is 1. The lowest BCUT2D eigenvalue weighted by Crippen LogP contribution is -2.54. The number of amides is 2. The number of ether oxygens (including phenoxy) is 1. The molecule has 0 heterocycles. The molecule has 0 fully saturated rings. The van der Waals surface area contributed by atoms with Crippen molar-refractivity contribution in [3.63, 3.8) is 0 Å². The highest BCUT2D eigenvalue weighted by Gasteiger charge is 2.29. The minimum Gasteiger partial charge on any atom is -0.508 e. The van der Waals surface area contributed by atoms with Crippen molar-refractivity contribution in [3.8, 4) is 5.75 Å². The largest absolute Gasteiger partial charge is 0.508 e. The van der Waals surface area contributed by atoms with Crippen LogP contribution >= 0.6 is 0 Å². The van der Waals surface area contributed by atoms with Crippen LogP contribution in [0.2, 0.25) is 0 Å². The van der Waals surface area contributed by atoms with Crippen LogP contribution in [0, 0.1) is 5.92 Å². The average Bonchev–Trinajstić information content (AvgIpc) is 2.51. The molecule has 0 radical (unpaired) electrons. The molecule has 2 atom stereocenters. The Morgan fingerprint density at radius 3 is 2.07 bits per heavy atom. The fourth-order valence-corrected chi connectivity index (χ4v) is 2.29. The van der Waals surface area contributed by atoms with Crippen molar-refractivity contribution < 1.29 is 29.3 Å². The van der Waals surface area contributed by atoms with Gasteiger partial charge >= 0.3 is 12.1 Å². The highest BCUT2D eigenvalue weighted by Crippen LogP contribution is 2.13. The van der Waals surface area contributed by atoms with Gasteiger partial charge in [-0.1, -0.05) is 26.0 Å². The average molecular weight is 380 g/mol. The Bertz CT molecular complexity index is 664. The maximum atomic E-state index is 12.6. The number of aliphatic carboxylic acids is 1. The zero-order chi connectivity index (χ0) is 20.8. The van der Waals surface area contributed by atoms with Crippen molar-refractivity contribution >= 4 is 18.0 Å². The second-order valence-corrected chi connectivity index (χ2v) is 7.64. The standard InChI is InChI=1S/C19H28N2O6/c1-11(2)15(17(24)25)21-16(23)14(20-18(26)27-19(3,4)5)10-12-6-8-13(22)9-7-12/h6-9,11,14-15,22H,10H2,1-5H3,(H,20,26)(H,21,23)(H,24,25)/t14-,15+/m1/s1. The van der Waals surface area contributed by atoms with E-state index in [-0.39, 0.29) is 18.1 Å². The van der Waals surface area contributed by atoms with E-state index in [1.54, 1.807) is 46.8 Å². The van der Waals surface area contributed by atoms with Gasteiger partial charge in [-0.15, -0.1) is 0 Å². The Morgan fingerprint density at radius 2 is 1.63 bits per heavy atom. The number of carboxylic acid groups (broad SMARTS) is 1. The highest BCUT2D eigenvalue weighted by molar-refractivity contribution is 5.89. The Morgan fingerprint density at radius 1 is 1.07 bits per heavy atom. The zero-order valence-corrected chi connectivity index (χ0v) is 16.3. The van der Waals surface area contributed by atoms with Gasteiger partial charge in [-0.25, -0.2) is 9.59 Å². The molecule has 1 rings (SSSR count). The first-order valence-electron chi connectivity index (χ1n) is 8.69. The van der Waals surface area contributed by atoms with Gasteiger partial charge < -0.3 is 25.6 Å². The summed E-state index contributed by atoms with van der Waals surface area (Å²) in [6.45, 7) is 8.44. The van der Waals surface area contributed by atoms with Crippen LogP contribution in [0.4, 0.5) is 4.79 Å². The molecule has 0 aliphatic heterocycles. The predicted molar refractivity (Wildman–Crippen MR) is 99.4 cm³/mol. The van der Waals surface area contributed by atoms with Crippen LogP contribution in [0.15, 0.2) is 24.3 Å². The summed E-state index contributed by atoms with van der Waals surface area (Å²) in [6.07, 6.45) is -0.673. The fourth-order valence-electron chi connectivity index (χ4n) is 2.29. The van der Waals surface area contributed by atoms with E-state index < -0.39 is 35.7 Å². The first-order valence-corrected chi connectivity index (χ1v) is 8.69. The van der Waals surface area contributed by atoms with Gasteiger partial charge in [0.15, 0.2) is 0 Å². The molecule has 0 spiro atoms. The number of phenols is 1. The zero-order valence-electron chi connectivity index (χ0n) is 16.3. The molecule has 8 heteroatoms. The molecule has 1 aromatic rings. The van der Waals surface area contributed by atoms with Crippen LogP contribution in [0.25, 0.3) is 0 Å². The van der Waals surface area contributed by atoms with Crippen molar-refractivity contribution in [2.24, 2.45) is 5.92 Å². The van der Waals surface area contributed by atoms with E-state index in [0.717, 1.165) is 0 Å². The number of benzene rings is 1. The molecular weight excluding hydrogens is 352 g/mol. The van der Waals surface area contributed by atoms with Gasteiger partial charge in [0.1, 0.15) is 23.4 Å². The molecule has 1 aromatic carbocycles. The molecule has 0 bridgehead atoms. The van der Waals surface area contributed by atoms with E-state index in [0.29, 0.717) is 5.56 Å². The topological polar surface area (TPSA) is 125 Å². The molecule has 0 saturated heterocycles. The molecule has 2 amide bonds. The van der Waals surface area contributed by atoms with Crippen LogP contribution in [-0.2, 0) is 20.7 Å². The summed E-state index contributed by atoms with van der Waals surface area (Å²) in [6, 6.07) is 4.04. The lowest BCUT2D eigenvalue weighted by Gasteiger charge is -2.25. The predicted octanol–water partition coefficient (Wildman–Crippen LogP) is 2.05. The van der Waals surface area contributed by atoms with Crippen molar-refractivity contribution in [1.82, 2.24) is 10.6 Å². The number of aromatic hydroxyl groups is 1. The third-order valence-electron chi connectivity index (χ3n) is 3.61. The maximum absolute atomic E-state index is 12.6. The maximum Gasteiger partial charge on any atom is 0.408 e. The fraction of sp³-hybridized carbons (Fsp3) is 0.526. The summed E-state index contributed by atoms with van der Waals surface area (Å²) in [4.78, 5) is 36.1. The molecule has 0 saturated carbocycles. The van der Waals surface area contributed by atoms with E-state index in [1.165, 1.54) is 12.1 Å². The van der Waals surface area contributed by atoms with E-state index in [2.05, 4.69) is 10.6 Å². The van der Waals surface area contributed by atoms with Gasteiger partial charge in [-0.3, -0.25) is 4.79 Å². The number of hydrogen-bond donors (Lipinski definition) is 4. The molecule has 0 aliphatic carbocycles. The van der Waals surface area contributed by atoms with Gasteiger partial charge in [-0.2, -0.15) is 0 Å². The monoisotopic (exact) mass is 380 g/mol. The summed E-state index contributed by atoms with van der Waals surface area (Å²) in [5.74, 6) is -2.04. The summed E-state index contributed by atoms with van der Waals surface area (Å²) in [7, 11) is 0. The van der Waals surface area contributed by atoms with Crippen LogP contribution in [0.5, 0.6) is 5.75 Å². The second kappa shape index (κ2) is 9.25. The Labute approximate surface area is 158 Å². The Kier molecular flexibility index (Phi) is 7.63. The normalized spacial score (nSPS) is 13.6. The van der Waals surface area contributed by atoms with Gasteiger partial charge in [0.25, 0.3) is 0 Å². The van der Waals surface area contributed by atoms with E-state index >= 15 is 0 Å². The Balaban J connectivity index is 2.97. The van der Waals surface area contributed by atoms with Crippen molar-refractivity contribution in [2.45, 2.75) is 58.7 Å². The van der Waals surface area contributed by atoms with Crippen molar-refractivity contribution in [1.29, 1.82) is 0 Å². The summed E-state index contributed by atoms with van der Waals surface area (Å²) < 4.78 is 5.19. The highest BCUT2D eigenvalue weighted by atomic mass is 16.6. The molecule has 8 nitrogen and oxygen atoms in total. The number of rotatable bonds is 7. The van der Waals surface area contributed by atoms with Crippen molar-refractivity contribution in [3.05, 3.63) is 29.8 Å². The molecular formula is C19H28N2O6. The third kappa shape index (κ3) is 7.98. The van der Waals surface area contributed by atoms with E-state index in [9.17, 15) is 24.6 Å². The van der Waals surface area contributed by atoms with Gasteiger partial charge in [0, 0.05) is 6.42 Å². The molecule has 0 aromatic heterocycles.